The van der Waals surface area contributed by atoms with Crippen molar-refractivity contribution in [1.82, 2.24) is 4.31 Å². The Hall–Kier alpha value is -0.630. The van der Waals surface area contributed by atoms with E-state index in [0.29, 0.717) is 22.3 Å². The Kier molecular flexibility index (Phi) is 4.97. The molecule has 1 aliphatic heterocycles. The Morgan fingerprint density at radius 2 is 2.10 bits per heavy atom. The first-order chi connectivity index (χ1) is 9.73. The summed E-state index contributed by atoms with van der Waals surface area (Å²) < 4.78 is 27.2. The highest BCUT2D eigenvalue weighted by atomic mass is 79.9. The van der Waals surface area contributed by atoms with Crippen molar-refractivity contribution in [1.29, 1.82) is 0 Å². The van der Waals surface area contributed by atoms with E-state index in [1.165, 1.54) is 22.5 Å². The van der Waals surface area contributed by atoms with Gasteiger partial charge < -0.3 is 5.11 Å². The summed E-state index contributed by atoms with van der Waals surface area (Å²) in [6, 6.07) is 4.15. The highest BCUT2D eigenvalue weighted by Gasteiger charge is 2.37. The Morgan fingerprint density at radius 3 is 2.67 bits per heavy atom. The molecule has 0 radical (unpaired) electrons. The zero-order valence-corrected chi connectivity index (χ0v) is 14.4. The van der Waals surface area contributed by atoms with Crippen molar-refractivity contribution in [3.05, 3.63) is 27.7 Å². The summed E-state index contributed by atoms with van der Waals surface area (Å²) in [7, 11) is -3.74. The molecule has 0 bridgehead atoms. The van der Waals surface area contributed by atoms with Crippen LogP contribution in [0.15, 0.2) is 27.6 Å². The topological polar surface area (TPSA) is 74.7 Å². The summed E-state index contributed by atoms with van der Waals surface area (Å²) in [4.78, 5) is 11.2. The van der Waals surface area contributed by atoms with Crippen LogP contribution in [-0.4, -0.2) is 36.4 Å². The zero-order valence-electron chi connectivity index (χ0n) is 11.3. The van der Waals surface area contributed by atoms with Crippen LogP contribution < -0.4 is 0 Å². The molecule has 2 atom stereocenters. The van der Waals surface area contributed by atoms with Gasteiger partial charge in [-0.15, -0.1) is 0 Å². The summed E-state index contributed by atoms with van der Waals surface area (Å²) in [6.45, 7) is 1.79. The van der Waals surface area contributed by atoms with Crippen molar-refractivity contribution >= 4 is 43.5 Å². The molecule has 1 heterocycles. The number of carboxylic acid groups (broad SMARTS) is 1. The fraction of sp³-hybridized carbons (Fsp3) is 0.462. The van der Waals surface area contributed by atoms with Crippen molar-refractivity contribution in [2.45, 2.75) is 30.7 Å². The van der Waals surface area contributed by atoms with Gasteiger partial charge in [-0.3, -0.25) is 4.79 Å². The van der Waals surface area contributed by atoms with Crippen LogP contribution >= 0.6 is 27.5 Å². The number of carboxylic acids is 1. The van der Waals surface area contributed by atoms with Gasteiger partial charge in [0.1, 0.15) is 0 Å². The van der Waals surface area contributed by atoms with Gasteiger partial charge >= 0.3 is 5.97 Å². The number of hydrogen-bond donors (Lipinski definition) is 1. The highest BCUT2D eigenvalue weighted by molar-refractivity contribution is 9.10. The molecule has 1 aliphatic rings. The van der Waals surface area contributed by atoms with Gasteiger partial charge in [0, 0.05) is 17.1 Å². The number of sulfonamides is 1. The van der Waals surface area contributed by atoms with Crippen molar-refractivity contribution < 1.29 is 18.3 Å². The molecule has 1 N–H and O–H groups in total. The monoisotopic (exact) mass is 395 g/mol. The van der Waals surface area contributed by atoms with Gasteiger partial charge in [0.2, 0.25) is 10.0 Å². The molecular formula is C13H15BrClNO4S. The molecule has 2 unspecified atom stereocenters. The molecule has 5 nitrogen and oxygen atoms in total. The lowest BCUT2D eigenvalue weighted by molar-refractivity contribution is -0.143. The molecule has 116 valence electrons. The predicted octanol–water partition coefficient (Wildman–Crippen LogP) is 2.98. The molecule has 1 aromatic rings. The van der Waals surface area contributed by atoms with E-state index in [1.54, 1.807) is 6.92 Å². The third kappa shape index (κ3) is 3.41. The van der Waals surface area contributed by atoms with Crippen LogP contribution in [0, 0.1) is 5.92 Å². The van der Waals surface area contributed by atoms with Crippen molar-refractivity contribution in [3.63, 3.8) is 0 Å². The SMILES string of the molecule is CC1CCC(C(=O)O)CN1S(=O)(=O)c1ccc(Cl)c(Br)c1. The molecule has 1 aromatic carbocycles. The second-order valence-corrected chi connectivity index (χ2v) is 8.26. The molecule has 0 saturated carbocycles. The maximum atomic E-state index is 12.7. The van der Waals surface area contributed by atoms with Gasteiger partial charge in [-0.05, 0) is 53.9 Å². The van der Waals surface area contributed by atoms with E-state index < -0.39 is 21.9 Å². The van der Waals surface area contributed by atoms with E-state index >= 15 is 0 Å². The minimum atomic E-state index is -3.74. The number of rotatable bonds is 3. The fourth-order valence-corrected chi connectivity index (χ4v) is 4.76. The highest BCUT2D eigenvalue weighted by Crippen LogP contribution is 2.31. The third-order valence-electron chi connectivity index (χ3n) is 3.67. The Morgan fingerprint density at radius 1 is 1.43 bits per heavy atom. The first kappa shape index (κ1) is 16.7. The summed E-state index contributed by atoms with van der Waals surface area (Å²) in [5, 5.41) is 9.53. The lowest BCUT2D eigenvalue weighted by atomic mass is 9.96. The summed E-state index contributed by atoms with van der Waals surface area (Å²) in [5.41, 5.74) is 0. The summed E-state index contributed by atoms with van der Waals surface area (Å²) in [5.74, 6) is -1.62. The van der Waals surface area contributed by atoms with Gasteiger partial charge in [0.05, 0.1) is 15.8 Å². The lowest BCUT2D eigenvalue weighted by Crippen LogP contribution is -2.47. The van der Waals surface area contributed by atoms with Crippen LogP contribution in [-0.2, 0) is 14.8 Å². The molecule has 2 rings (SSSR count). The van der Waals surface area contributed by atoms with Gasteiger partial charge in [-0.2, -0.15) is 4.31 Å². The molecule has 1 fully saturated rings. The number of benzene rings is 1. The van der Waals surface area contributed by atoms with Crippen LogP contribution in [0.25, 0.3) is 0 Å². The lowest BCUT2D eigenvalue weighted by Gasteiger charge is -2.35. The van der Waals surface area contributed by atoms with E-state index in [0.717, 1.165) is 0 Å². The van der Waals surface area contributed by atoms with E-state index in [2.05, 4.69) is 15.9 Å². The van der Waals surface area contributed by atoms with E-state index in [9.17, 15) is 13.2 Å². The van der Waals surface area contributed by atoms with Gasteiger partial charge in [0.15, 0.2) is 0 Å². The molecule has 21 heavy (non-hydrogen) atoms. The number of nitrogens with zero attached hydrogens (tertiary/aromatic N) is 1. The number of carbonyl (C=O) groups is 1. The largest absolute Gasteiger partial charge is 0.481 e. The van der Waals surface area contributed by atoms with Crippen LogP contribution in [0.1, 0.15) is 19.8 Å². The Balaban J connectivity index is 2.36. The first-order valence-corrected chi connectivity index (χ1v) is 9.04. The number of aliphatic carboxylic acids is 1. The van der Waals surface area contributed by atoms with Crippen molar-refractivity contribution in [3.8, 4) is 0 Å². The van der Waals surface area contributed by atoms with Crippen LogP contribution in [0.4, 0.5) is 0 Å². The van der Waals surface area contributed by atoms with Gasteiger partial charge in [-0.25, -0.2) is 8.42 Å². The van der Waals surface area contributed by atoms with E-state index in [1.807, 2.05) is 0 Å². The molecule has 8 heteroatoms. The quantitative estimate of drug-likeness (QED) is 0.852. The van der Waals surface area contributed by atoms with Gasteiger partial charge in [0.25, 0.3) is 0 Å². The summed E-state index contributed by atoms with van der Waals surface area (Å²) in [6.07, 6.45) is 1.03. The average Bonchev–Trinajstić information content (AvgIpc) is 2.41. The average molecular weight is 397 g/mol. The second kappa shape index (κ2) is 6.24. The zero-order chi connectivity index (χ0) is 15.8. The molecule has 1 saturated heterocycles. The Labute approximate surface area is 137 Å². The Bertz CT molecular complexity index is 664. The third-order valence-corrected chi connectivity index (χ3v) is 6.86. The smallest absolute Gasteiger partial charge is 0.307 e. The fourth-order valence-electron chi connectivity index (χ4n) is 2.38. The number of hydrogen-bond acceptors (Lipinski definition) is 3. The standard InChI is InChI=1S/C13H15BrClNO4S/c1-8-2-3-9(13(17)18)7-16(8)21(19,20)10-4-5-12(15)11(14)6-10/h4-6,8-9H,2-3,7H2,1H3,(H,17,18). The summed E-state index contributed by atoms with van der Waals surface area (Å²) >= 11 is 9.08. The second-order valence-electron chi connectivity index (χ2n) is 5.11. The molecule has 0 aliphatic carbocycles. The maximum Gasteiger partial charge on any atom is 0.307 e. The van der Waals surface area contributed by atoms with Crippen LogP contribution in [0.3, 0.4) is 0 Å². The normalized spacial score (nSPS) is 24.0. The number of piperidine rings is 1. The number of halogens is 2. The first-order valence-electron chi connectivity index (χ1n) is 6.43. The molecule has 0 spiro atoms. The minimum absolute atomic E-state index is 0.000914. The van der Waals surface area contributed by atoms with Crippen molar-refractivity contribution in [2.75, 3.05) is 6.54 Å². The molecule has 0 amide bonds. The van der Waals surface area contributed by atoms with E-state index in [-0.39, 0.29) is 17.5 Å². The predicted molar refractivity (Wildman–Crippen MR) is 82.9 cm³/mol. The van der Waals surface area contributed by atoms with Crippen molar-refractivity contribution in [2.24, 2.45) is 5.92 Å². The van der Waals surface area contributed by atoms with Gasteiger partial charge in [-0.1, -0.05) is 11.6 Å². The van der Waals surface area contributed by atoms with Crippen LogP contribution in [0.2, 0.25) is 5.02 Å². The minimum Gasteiger partial charge on any atom is -0.481 e. The van der Waals surface area contributed by atoms with E-state index in [4.69, 9.17) is 16.7 Å². The molecular weight excluding hydrogens is 382 g/mol. The maximum absolute atomic E-state index is 12.7. The van der Waals surface area contributed by atoms with Crippen LogP contribution in [0.5, 0.6) is 0 Å². The molecule has 0 aromatic heterocycles.